The maximum atomic E-state index is 12.1. The molecule has 112 valence electrons. The number of carbonyl (C=O) groups is 1. The van der Waals surface area contributed by atoms with Crippen molar-refractivity contribution in [1.29, 1.82) is 0 Å². The summed E-state index contributed by atoms with van der Waals surface area (Å²) < 4.78 is 6.86. The van der Waals surface area contributed by atoms with Crippen LogP contribution in [0.3, 0.4) is 0 Å². The van der Waals surface area contributed by atoms with E-state index in [4.69, 9.17) is 4.74 Å². The standard InChI is InChI=1S/C14H23N3O3/c1-14(2,3)20-13(19)17-7-5-6-10(9-17)11-8-12(18)16(4)15-11/h8,10,15H,5-7,9H2,1-4H3. The lowest BCUT2D eigenvalue weighted by Crippen LogP contribution is -2.42. The molecule has 6 nitrogen and oxygen atoms in total. The normalized spacial score (nSPS) is 20.0. The molecule has 1 fully saturated rings. The van der Waals surface area contributed by atoms with Crippen LogP contribution in [0, 0.1) is 0 Å². The molecule has 20 heavy (non-hydrogen) atoms. The molecule has 0 aliphatic carbocycles. The Morgan fingerprint density at radius 3 is 2.70 bits per heavy atom. The Balaban J connectivity index is 2.05. The molecule has 0 aromatic carbocycles. The van der Waals surface area contributed by atoms with Crippen molar-refractivity contribution in [2.75, 3.05) is 13.1 Å². The SMILES string of the molecule is Cn1[nH]c(C2CCCN(C(=O)OC(C)(C)C)C2)cc1=O. The van der Waals surface area contributed by atoms with Crippen molar-refractivity contribution in [2.24, 2.45) is 7.05 Å². The Morgan fingerprint density at radius 1 is 1.45 bits per heavy atom. The highest BCUT2D eigenvalue weighted by atomic mass is 16.6. The molecule has 0 spiro atoms. The first-order valence-electron chi connectivity index (χ1n) is 7.00. The van der Waals surface area contributed by atoms with E-state index in [1.807, 2.05) is 20.8 Å². The van der Waals surface area contributed by atoms with E-state index in [1.54, 1.807) is 18.0 Å². The highest BCUT2D eigenvalue weighted by Crippen LogP contribution is 2.26. The van der Waals surface area contributed by atoms with Crippen LogP contribution in [0.2, 0.25) is 0 Å². The average Bonchev–Trinajstić information content (AvgIpc) is 2.68. The molecule has 1 aliphatic heterocycles. The van der Waals surface area contributed by atoms with E-state index >= 15 is 0 Å². The van der Waals surface area contributed by atoms with Crippen molar-refractivity contribution in [1.82, 2.24) is 14.7 Å². The minimum absolute atomic E-state index is 0.0469. The molecule has 1 saturated heterocycles. The molecule has 2 heterocycles. The summed E-state index contributed by atoms with van der Waals surface area (Å²) in [6.07, 6.45) is 1.61. The first kappa shape index (κ1) is 14.7. The lowest BCUT2D eigenvalue weighted by atomic mass is 9.95. The second-order valence-electron chi connectivity index (χ2n) is 6.37. The second-order valence-corrected chi connectivity index (χ2v) is 6.37. The topological polar surface area (TPSA) is 67.3 Å². The zero-order chi connectivity index (χ0) is 14.9. The summed E-state index contributed by atoms with van der Waals surface area (Å²) in [5.41, 5.74) is 0.366. The Hall–Kier alpha value is -1.72. The molecule has 1 aromatic heterocycles. The van der Waals surface area contributed by atoms with E-state index in [0.29, 0.717) is 13.1 Å². The van der Waals surface area contributed by atoms with Crippen LogP contribution in [0.15, 0.2) is 10.9 Å². The van der Waals surface area contributed by atoms with Crippen molar-refractivity contribution in [3.05, 3.63) is 22.1 Å². The highest BCUT2D eigenvalue weighted by molar-refractivity contribution is 5.68. The number of hydrogen-bond acceptors (Lipinski definition) is 3. The summed E-state index contributed by atoms with van der Waals surface area (Å²) in [5.74, 6) is 0.171. The fourth-order valence-corrected chi connectivity index (χ4v) is 2.44. The van der Waals surface area contributed by atoms with Crippen LogP contribution >= 0.6 is 0 Å². The predicted octanol–water partition coefficient (Wildman–Crippen LogP) is 1.83. The number of H-pyrrole nitrogens is 1. The molecule has 1 aliphatic rings. The van der Waals surface area contributed by atoms with Crippen LogP contribution in [0.5, 0.6) is 0 Å². The fraction of sp³-hybridized carbons (Fsp3) is 0.714. The van der Waals surface area contributed by atoms with Gasteiger partial charge in [0.2, 0.25) is 0 Å². The average molecular weight is 281 g/mol. The molecule has 1 unspecified atom stereocenters. The third kappa shape index (κ3) is 3.43. The van der Waals surface area contributed by atoms with Gasteiger partial charge in [-0.25, -0.2) is 4.79 Å². The van der Waals surface area contributed by atoms with E-state index < -0.39 is 5.60 Å². The van der Waals surface area contributed by atoms with E-state index in [1.165, 1.54) is 4.68 Å². The molecule has 1 aromatic rings. The molecule has 0 radical (unpaired) electrons. The summed E-state index contributed by atoms with van der Waals surface area (Å²) in [6.45, 7) is 6.89. The van der Waals surface area contributed by atoms with Gasteiger partial charge in [0, 0.05) is 37.8 Å². The van der Waals surface area contributed by atoms with Crippen LogP contribution in [0.4, 0.5) is 4.79 Å². The van der Waals surface area contributed by atoms with Gasteiger partial charge >= 0.3 is 6.09 Å². The summed E-state index contributed by atoms with van der Waals surface area (Å²) in [7, 11) is 1.69. The molecule has 0 saturated carbocycles. The van der Waals surface area contributed by atoms with Gasteiger partial charge in [-0.3, -0.25) is 14.6 Å². The quantitative estimate of drug-likeness (QED) is 0.854. The number of aromatic amines is 1. The number of piperidine rings is 1. The lowest BCUT2D eigenvalue weighted by molar-refractivity contribution is 0.0197. The third-order valence-electron chi connectivity index (χ3n) is 3.42. The number of aromatic nitrogens is 2. The van der Waals surface area contributed by atoms with Gasteiger partial charge in [0.25, 0.3) is 5.56 Å². The molecular weight excluding hydrogens is 258 g/mol. The first-order valence-corrected chi connectivity index (χ1v) is 7.00. The van der Waals surface area contributed by atoms with Gasteiger partial charge in [-0.2, -0.15) is 0 Å². The number of ether oxygens (including phenoxy) is 1. The monoisotopic (exact) mass is 281 g/mol. The van der Waals surface area contributed by atoms with Crippen molar-refractivity contribution >= 4 is 6.09 Å². The number of aryl methyl sites for hydroxylation is 1. The molecule has 1 atom stereocenters. The van der Waals surface area contributed by atoms with Crippen LogP contribution in [-0.4, -0.2) is 39.5 Å². The maximum Gasteiger partial charge on any atom is 0.410 e. The zero-order valence-corrected chi connectivity index (χ0v) is 12.6. The first-order chi connectivity index (χ1) is 9.26. The predicted molar refractivity (Wildman–Crippen MR) is 75.8 cm³/mol. The zero-order valence-electron chi connectivity index (χ0n) is 12.6. The van der Waals surface area contributed by atoms with E-state index in [-0.39, 0.29) is 17.6 Å². The Morgan fingerprint density at radius 2 is 2.15 bits per heavy atom. The van der Waals surface area contributed by atoms with Gasteiger partial charge in [0.1, 0.15) is 5.60 Å². The number of carbonyl (C=O) groups excluding carboxylic acids is 1. The fourth-order valence-electron chi connectivity index (χ4n) is 2.44. The van der Waals surface area contributed by atoms with Crippen LogP contribution in [0.1, 0.15) is 45.2 Å². The minimum atomic E-state index is -0.481. The molecule has 0 bridgehead atoms. The second kappa shape index (κ2) is 5.34. The Bertz CT molecular complexity index is 539. The largest absolute Gasteiger partial charge is 0.444 e. The van der Waals surface area contributed by atoms with Gasteiger partial charge in [0.15, 0.2) is 0 Å². The molecule has 1 N–H and O–H groups in total. The van der Waals surface area contributed by atoms with Crippen molar-refractivity contribution in [3.63, 3.8) is 0 Å². The number of rotatable bonds is 1. The van der Waals surface area contributed by atoms with Crippen molar-refractivity contribution in [3.8, 4) is 0 Å². The maximum absolute atomic E-state index is 12.1. The van der Waals surface area contributed by atoms with E-state index in [2.05, 4.69) is 5.10 Å². The number of nitrogens with zero attached hydrogens (tertiary/aromatic N) is 2. The lowest BCUT2D eigenvalue weighted by Gasteiger charge is -2.33. The van der Waals surface area contributed by atoms with E-state index in [0.717, 1.165) is 18.5 Å². The third-order valence-corrected chi connectivity index (χ3v) is 3.42. The molecular formula is C14H23N3O3. The number of amides is 1. The Kier molecular flexibility index (Phi) is 3.92. The van der Waals surface area contributed by atoms with E-state index in [9.17, 15) is 9.59 Å². The summed E-state index contributed by atoms with van der Waals surface area (Å²) in [4.78, 5) is 25.3. The number of nitrogens with one attached hydrogen (secondary N) is 1. The highest BCUT2D eigenvalue weighted by Gasteiger charge is 2.29. The van der Waals surface area contributed by atoms with Gasteiger partial charge < -0.3 is 9.64 Å². The van der Waals surface area contributed by atoms with Crippen LogP contribution in [0.25, 0.3) is 0 Å². The van der Waals surface area contributed by atoms with Gasteiger partial charge in [-0.1, -0.05) is 0 Å². The summed E-state index contributed by atoms with van der Waals surface area (Å²) in [5, 5.41) is 3.05. The van der Waals surface area contributed by atoms with Crippen LogP contribution < -0.4 is 5.56 Å². The van der Waals surface area contributed by atoms with Crippen LogP contribution in [-0.2, 0) is 11.8 Å². The van der Waals surface area contributed by atoms with Gasteiger partial charge in [0.05, 0.1) is 0 Å². The number of hydrogen-bond donors (Lipinski definition) is 1. The Labute approximate surface area is 118 Å². The molecule has 1 amide bonds. The number of likely N-dealkylation sites (tertiary alicyclic amines) is 1. The summed E-state index contributed by atoms with van der Waals surface area (Å²) >= 11 is 0. The molecule has 6 heteroatoms. The molecule has 2 rings (SSSR count). The van der Waals surface area contributed by atoms with Gasteiger partial charge in [-0.15, -0.1) is 0 Å². The van der Waals surface area contributed by atoms with Gasteiger partial charge in [-0.05, 0) is 33.6 Å². The summed E-state index contributed by atoms with van der Waals surface area (Å²) in [6, 6.07) is 1.61. The van der Waals surface area contributed by atoms with Crippen molar-refractivity contribution < 1.29 is 9.53 Å². The minimum Gasteiger partial charge on any atom is -0.444 e. The smallest absolute Gasteiger partial charge is 0.410 e. The van der Waals surface area contributed by atoms with Crippen molar-refractivity contribution in [2.45, 2.75) is 45.1 Å².